The molecule has 0 spiro atoms. The third-order valence-electron chi connectivity index (χ3n) is 4.65. The fourth-order valence-electron chi connectivity index (χ4n) is 2.75. The van der Waals surface area contributed by atoms with Gasteiger partial charge in [0.2, 0.25) is 0 Å². The van der Waals surface area contributed by atoms with Crippen LogP contribution in [0.25, 0.3) is 0 Å². The second-order valence-electron chi connectivity index (χ2n) is 6.00. The van der Waals surface area contributed by atoms with E-state index in [1.807, 2.05) is 0 Å². The van der Waals surface area contributed by atoms with Crippen LogP contribution in [0.4, 0.5) is 0 Å². The zero-order valence-corrected chi connectivity index (χ0v) is 11.4. The molecule has 2 nitrogen and oxygen atoms in total. The summed E-state index contributed by atoms with van der Waals surface area (Å²) in [7, 11) is 0. The van der Waals surface area contributed by atoms with Gasteiger partial charge in [0.15, 0.2) is 6.29 Å². The Hall–Kier alpha value is -0.340. The molecule has 0 saturated carbocycles. The van der Waals surface area contributed by atoms with Crippen LogP contribution in [0.1, 0.15) is 46.5 Å². The Bertz CT molecular complexity index is 264. The molecule has 2 aliphatic rings. The summed E-state index contributed by atoms with van der Waals surface area (Å²) in [6.45, 7) is 8.54. The summed E-state index contributed by atoms with van der Waals surface area (Å²) in [6.07, 6.45) is 9.27. The topological polar surface area (TPSA) is 18.5 Å². The van der Waals surface area contributed by atoms with E-state index in [0.29, 0.717) is 11.8 Å². The fourth-order valence-corrected chi connectivity index (χ4v) is 2.75. The van der Waals surface area contributed by atoms with Gasteiger partial charge in [0, 0.05) is 11.3 Å². The standard InChI is InChI=1S/C15H26O2/c1-4-12(2)15(3)10-16-14(17-11-15)13-8-6-5-7-9-13/h5-6,12-14H,4,7-11H2,1-3H3. The minimum Gasteiger partial charge on any atom is -0.352 e. The molecule has 17 heavy (non-hydrogen) atoms. The maximum absolute atomic E-state index is 6.00. The molecule has 1 heterocycles. The average molecular weight is 238 g/mol. The van der Waals surface area contributed by atoms with Crippen molar-refractivity contribution in [1.82, 2.24) is 0 Å². The van der Waals surface area contributed by atoms with Gasteiger partial charge >= 0.3 is 0 Å². The van der Waals surface area contributed by atoms with Crippen molar-refractivity contribution >= 4 is 0 Å². The molecule has 98 valence electrons. The SMILES string of the molecule is CCC(C)C1(C)COC(C2CC=CCC2)OC1. The highest BCUT2D eigenvalue weighted by Gasteiger charge is 2.38. The third-order valence-corrected chi connectivity index (χ3v) is 4.65. The Morgan fingerprint density at radius 1 is 1.29 bits per heavy atom. The van der Waals surface area contributed by atoms with Crippen LogP contribution < -0.4 is 0 Å². The lowest BCUT2D eigenvalue weighted by atomic mass is 9.77. The quantitative estimate of drug-likeness (QED) is 0.697. The van der Waals surface area contributed by atoms with Crippen LogP contribution in [-0.4, -0.2) is 19.5 Å². The summed E-state index contributed by atoms with van der Waals surface area (Å²) in [5.74, 6) is 1.23. The van der Waals surface area contributed by atoms with Crippen molar-refractivity contribution in [3.8, 4) is 0 Å². The number of allylic oxidation sites excluding steroid dienone is 2. The first kappa shape index (κ1) is 13.1. The van der Waals surface area contributed by atoms with Crippen LogP contribution in [0.2, 0.25) is 0 Å². The van der Waals surface area contributed by atoms with Crippen molar-refractivity contribution in [2.75, 3.05) is 13.2 Å². The molecule has 1 aliphatic heterocycles. The largest absolute Gasteiger partial charge is 0.352 e. The first-order valence-corrected chi connectivity index (χ1v) is 7.04. The molecule has 0 aromatic rings. The zero-order valence-electron chi connectivity index (χ0n) is 11.4. The fraction of sp³-hybridized carbons (Fsp3) is 0.867. The van der Waals surface area contributed by atoms with Crippen molar-refractivity contribution in [3.05, 3.63) is 12.2 Å². The molecular formula is C15H26O2. The van der Waals surface area contributed by atoms with Crippen molar-refractivity contribution in [2.24, 2.45) is 17.3 Å². The minimum atomic E-state index is 0.0390. The molecule has 1 aliphatic carbocycles. The van der Waals surface area contributed by atoms with E-state index in [1.165, 1.54) is 19.3 Å². The Labute approximate surface area is 105 Å². The summed E-state index contributed by atoms with van der Waals surface area (Å²) in [5, 5.41) is 0. The van der Waals surface area contributed by atoms with Gasteiger partial charge in [-0.3, -0.25) is 0 Å². The van der Waals surface area contributed by atoms with Gasteiger partial charge in [-0.05, 0) is 25.2 Å². The summed E-state index contributed by atoms with van der Waals surface area (Å²) >= 11 is 0. The molecule has 1 saturated heterocycles. The number of hydrogen-bond acceptors (Lipinski definition) is 2. The average Bonchev–Trinajstić information content (AvgIpc) is 2.39. The Morgan fingerprint density at radius 2 is 2.00 bits per heavy atom. The van der Waals surface area contributed by atoms with E-state index in [1.54, 1.807) is 0 Å². The van der Waals surface area contributed by atoms with Crippen molar-refractivity contribution < 1.29 is 9.47 Å². The van der Waals surface area contributed by atoms with Gasteiger partial charge in [0.1, 0.15) is 0 Å². The van der Waals surface area contributed by atoms with Crippen molar-refractivity contribution in [3.63, 3.8) is 0 Å². The second-order valence-corrected chi connectivity index (χ2v) is 6.00. The van der Waals surface area contributed by atoms with E-state index in [-0.39, 0.29) is 11.7 Å². The number of rotatable bonds is 3. The lowest BCUT2D eigenvalue weighted by Crippen LogP contribution is -2.46. The molecule has 0 N–H and O–H groups in total. The van der Waals surface area contributed by atoms with Gasteiger partial charge < -0.3 is 9.47 Å². The lowest BCUT2D eigenvalue weighted by molar-refractivity contribution is -0.256. The molecule has 2 unspecified atom stereocenters. The molecule has 2 rings (SSSR count). The smallest absolute Gasteiger partial charge is 0.160 e. The molecule has 2 atom stereocenters. The maximum Gasteiger partial charge on any atom is 0.160 e. The van der Waals surface area contributed by atoms with Gasteiger partial charge in [-0.15, -0.1) is 0 Å². The summed E-state index contributed by atoms with van der Waals surface area (Å²) in [4.78, 5) is 0. The highest BCUT2D eigenvalue weighted by Crippen LogP contribution is 2.37. The van der Waals surface area contributed by atoms with Gasteiger partial charge in [-0.25, -0.2) is 0 Å². The van der Waals surface area contributed by atoms with E-state index in [2.05, 4.69) is 32.9 Å². The molecule has 0 bridgehead atoms. The highest BCUT2D eigenvalue weighted by molar-refractivity contribution is 4.92. The van der Waals surface area contributed by atoms with Crippen LogP contribution in [0, 0.1) is 17.3 Å². The zero-order chi connectivity index (χ0) is 12.3. The van der Waals surface area contributed by atoms with Gasteiger partial charge in [0.05, 0.1) is 13.2 Å². The molecular weight excluding hydrogens is 212 g/mol. The van der Waals surface area contributed by atoms with E-state index < -0.39 is 0 Å². The van der Waals surface area contributed by atoms with E-state index in [0.717, 1.165) is 19.6 Å². The number of ether oxygens (including phenoxy) is 2. The van der Waals surface area contributed by atoms with Crippen LogP contribution in [0.5, 0.6) is 0 Å². The normalized spacial score (nSPS) is 40.2. The first-order valence-electron chi connectivity index (χ1n) is 7.04. The lowest BCUT2D eigenvalue weighted by Gasteiger charge is -2.43. The summed E-state index contributed by atoms with van der Waals surface area (Å²) in [6, 6.07) is 0. The van der Waals surface area contributed by atoms with E-state index in [9.17, 15) is 0 Å². The number of hydrogen-bond donors (Lipinski definition) is 0. The predicted molar refractivity (Wildman–Crippen MR) is 69.7 cm³/mol. The predicted octanol–water partition coefficient (Wildman–Crippen LogP) is 3.77. The first-order chi connectivity index (χ1) is 8.15. The second kappa shape index (κ2) is 5.53. The molecule has 1 fully saturated rings. The Morgan fingerprint density at radius 3 is 2.53 bits per heavy atom. The maximum atomic E-state index is 6.00. The molecule has 2 heteroatoms. The van der Waals surface area contributed by atoms with E-state index in [4.69, 9.17) is 9.47 Å². The van der Waals surface area contributed by atoms with Crippen LogP contribution in [-0.2, 0) is 9.47 Å². The molecule has 0 amide bonds. The van der Waals surface area contributed by atoms with Crippen LogP contribution >= 0.6 is 0 Å². The summed E-state index contributed by atoms with van der Waals surface area (Å²) < 4.78 is 12.0. The van der Waals surface area contributed by atoms with Crippen molar-refractivity contribution in [1.29, 1.82) is 0 Å². The van der Waals surface area contributed by atoms with E-state index >= 15 is 0 Å². The van der Waals surface area contributed by atoms with Gasteiger partial charge in [-0.2, -0.15) is 0 Å². The van der Waals surface area contributed by atoms with Crippen molar-refractivity contribution in [2.45, 2.75) is 52.7 Å². The molecule has 0 radical (unpaired) electrons. The summed E-state index contributed by atoms with van der Waals surface area (Å²) in [5.41, 5.74) is 0.204. The third kappa shape index (κ3) is 2.92. The monoisotopic (exact) mass is 238 g/mol. The van der Waals surface area contributed by atoms with Gasteiger partial charge in [0.25, 0.3) is 0 Å². The Balaban J connectivity index is 1.87. The highest BCUT2D eigenvalue weighted by atomic mass is 16.7. The minimum absolute atomic E-state index is 0.0390. The Kier molecular flexibility index (Phi) is 4.26. The van der Waals surface area contributed by atoms with Gasteiger partial charge in [-0.1, -0.05) is 39.3 Å². The van der Waals surface area contributed by atoms with Crippen LogP contribution in [0.3, 0.4) is 0 Å². The van der Waals surface area contributed by atoms with Crippen LogP contribution in [0.15, 0.2) is 12.2 Å². The molecule has 0 aromatic carbocycles. The molecule has 0 aromatic heterocycles.